The number of rotatable bonds is 3. The number of nitrogens with zero attached hydrogens (tertiary/aromatic N) is 2. The lowest BCUT2D eigenvalue weighted by Crippen LogP contribution is -2.26. The SMILES string of the molecule is CSC1CCCC1Nc1ncnc2sccc12. The lowest BCUT2D eigenvalue weighted by molar-refractivity contribution is 0.764. The van der Waals surface area contributed by atoms with Crippen LogP contribution in [-0.4, -0.2) is 27.5 Å². The summed E-state index contributed by atoms with van der Waals surface area (Å²) in [7, 11) is 0. The van der Waals surface area contributed by atoms with E-state index in [-0.39, 0.29) is 0 Å². The summed E-state index contributed by atoms with van der Waals surface area (Å²) in [6.45, 7) is 0. The normalized spacial score (nSPS) is 24.3. The maximum absolute atomic E-state index is 4.39. The summed E-state index contributed by atoms with van der Waals surface area (Å²) in [4.78, 5) is 9.73. The van der Waals surface area contributed by atoms with Crippen molar-refractivity contribution in [2.45, 2.75) is 30.6 Å². The Labute approximate surface area is 109 Å². The zero-order chi connectivity index (χ0) is 11.7. The van der Waals surface area contributed by atoms with Gasteiger partial charge in [0.25, 0.3) is 0 Å². The van der Waals surface area contributed by atoms with E-state index in [1.54, 1.807) is 17.7 Å². The van der Waals surface area contributed by atoms with Crippen LogP contribution in [-0.2, 0) is 0 Å². The lowest BCUT2D eigenvalue weighted by atomic mass is 10.2. The van der Waals surface area contributed by atoms with Gasteiger partial charge in [-0.25, -0.2) is 9.97 Å². The highest BCUT2D eigenvalue weighted by Crippen LogP contribution is 2.32. The van der Waals surface area contributed by atoms with Crippen LogP contribution in [0.15, 0.2) is 17.8 Å². The Balaban J connectivity index is 1.87. The molecule has 0 saturated heterocycles. The van der Waals surface area contributed by atoms with Crippen LogP contribution >= 0.6 is 23.1 Å². The lowest BCUT2D eigenvalue weighted by Gasteiger charge is -2.19. The van der Waals surface area contributed by atoms with Crippen LogP contribution < -0.4 is 5.32 Å². The molecule has 90 valence electrons. The van der Waals surface area contributed by atoms with Crippen LogP contribution in [0.4, 0.5) is 5.82 Å². The van der Waals surface area contributed by atoms with Crippen molar-refractivity contribution in [1.82, 2.24) is 9.97 Å². The highest BCUT2D eigenvalue weighted by Gasteiger charge is 2.27. The number of anilines is 1. The van der Waals surface area contributed by atoms with E-state index in [2.05, 4.69) is 33.0 Å². The van der Waals surface area contributed by atoms with Crippen molar-refractivity contribution in [3.8, 4) is 0 Å². The Morgan fingerprint density at radius 3 is 3.24 bits per heavy atom. The minimum atomic E-state index is 0.558. The van der Waals surface area contributed by atoms with Crippen LogP contribution in [0.2, 0.25) is 0 Å². The highest BCUT2D eigenvalue weighted by molar-refractivity contribution is 7.99. The van der Waals surface area contributed by atoms with Gasteiger partial charge in [-0.15, -0.1) is 11.3 Å². The molecule has 0 bridgehead atoms. The van der Waals surface area contributed by atoms with Crippen LogP contribution in [0.3, 0.4) is 0 Å². The number of thioether (sulfide) groups is 1. The third kappa shape index (κ3) is 2.13. The molecule has 0 aromatic carbocycles. The molecule has 2 aromatic heterocycles. The maximum atomic E-state index is 4.39. The van der Waals surface area contributed by atoms with E-state index in [1.165, 1.54) is 19.3 Å². The monoisotopic (exact) mass is 265 g/mol. The van der Waals surface area contributed by atoms with Gasteiger partial charge < -0.3 is 5.32 Å². The maximum Gasteiger partial charge on any atom is 0.138 e. The van der Waals surface area contributed by atoms with Crippen molar-refractivity contribution in [2.24, 2.45) is 0 Å². The van der Waals surface area contributed by atoms with Gasteiger partial charge in [0, 0.05) is 11.3 Å². The second-order valence-corrected chi connectivity index (χ2v) is 6.29. The molecule has 1 fully saturated rings. The van der Waals surface area contributed by atoms with Gasteiger partial charge in [-0.2, -0.15) is 11.8 Å². The quantitative estimate of drug-likeness (QED) is 0.923. The number of thiophene rings is 1. The smallest absolute Gasteiger partial charge is 0.138 e. The van der Waals surface area contributed by atoms with Crippen molar-refractivity contribution in [3.63, 3.8) is 0 Å². The highest BCUT2D eigenvalue weighted by atomic mass is 32.2. The summed E-state index contributed by atoms with van der Waals surface area (Å²) in [6.07, 6.45) is 7.74. The number of fused-ring (bicyclic) bond motifs is 1. The molecular formula is C12H15N3S2. The minimum Gasteiger partial charge on any atom is -0.366 e. The molecule has 2 heterocycles. The molecule has 17 heavy (non-hydrogen) atoms. The van der Waals surface area contributed by atoms with Crippen molar-refractivity contribution < 1.29 is 0 Å². The topological polar surface area (TPSA) is 37.8 Å². The third-order valence-corrected chi connectivity index (χ3v) is 5.33. The van der Waals surface area contributed by atoms with Crippen molar-refractivity contribution in [2.75, 3.05) is 11.6 Å². The Kier molecular flexibility index (Phi) is 3.20. The summed E-state index contributed by atoms with van der Waals surface area (Å²) in [5.74, 6) is 1.00. The van der Waals surface area contributed by atoms with Crippen LogP contribution in [0.1, 0.15) is 19.3 Å². The van der Waals surface area contributed by atoms with Crippen molar-refractivity contribution in [3.05, 3.63) is 17.8 Å². The Morgan fingerprint density at radius 2 is 2.35 bits per heavy atom. The molecule has 3 rings (SSSR count). The Hall–Kier alpha value is -0.810. The minimum absolute atomic E-state index is 0.558. The summed E-state index contributed by atoms with van der Waals surface area (Å²) < 4.78 is 0. The van der Waals surface area contributed by atoms with Gasteiger partial charge in [-0.3, -0.25) is 0 Å². The Bertz CT molecular complexity index is 511. The van der Waals surface area contributed by atoms with Crippen LogP contribution in [0.25, 0.3) is 10.2 Å². The first-order valence-corrected chi connectivity index (χ1v) is 8.03. The van der Waals surface area contributed by atoms with Gasteiger partial charge in [-0.05, 0) is 30.5 Å². The van der Waals surface area contributed by atoms with E-state index in [4.69, 9.17) is 0 Å². The third-order valence-electron chi connectivity index (χ3n) is 3.34. The van der Waals surface area contributed by atoms with E-state index in [9.17, 15) is 0 Å². The van der Waals surface area contributed by atoms with E-state index in [0.717, 1.165) is 21.3 Å². The zero-order valence-corrected chi connectivity index (χ0v) is 11.4. The molecule has 1 N–H and O–H groups in total. The van der Waals surface area contributed by atoms with Crippen molar-refractivity contribution in [1.29, 1.82) is 0 Å². The fourth-order valence-corrected chi connectivity index (χ4v) is 4.12. The van der Waals surface area contributed by atoms with Gasteiger partial charge in [0.05, 0.1) is 5.39 Å². The largest absolute Gasteiger partial charge is 0.366 e. The molecule has 2 unspecified atom stereocenters. The predicted molar refractivity (Wildman–Crippen MR) is 76.0 cm³/mol. The first kappa shape index (κ1) is 11.3. The van der Waals surface area contributed by atoms with E-state index < -0.39 is 0 Å². The van der Waals surface area contributed by atoms with Gasteiger partial charge in [-0.1, -0.05) is 6.42 Å². The molecule has 0 radical (unpaired) electrons. The van der Waals surface area contributed by atoms with Gasteiger partial charge in [0.2, 0.25) is 0 Å². The first-order chi connectivity index (χ1) is 8.38. The summed E-state index contributed by atoms with van der Waals surface area (Å²) in [5, 5.41) is 7.56. The molecular weight excluding hydrogens is 250 g/mol. The first-order valence-electron chi connectivity index (χ1n) is 5.86. The second kappa shape index (κ2) is 4.82. The molecule has 1 aliphatic rings. The van der Waals surface area contributed by atoms with Crippen LogP contribution in [0.5, 0.6) is 0 Å². The summed E-state index contributed by atoms with van der Waals surface area (Å²) in [6, 6.07) is 2.66. The molecule has 0 spiro atoms. The van der Waals surface area contributed by atoms with E-state index >= 15 is 0 Å². The van der Waals surface area contributed by atoms with Gasteiger partial charge >= 0.3 is 0 Å². The van der Waals surface area contributed by atoms with Crippen molar-refractivity contribution >= 4 is 39.1 Å². The average molecular weight is 265 g/mol. The van der Waals surface area contributed by atoms with Crippen LogP contribution in [0, 0.1) is 0 Å². The standard InChI is InChI=1S/C12H15N3S2/c1-16-10-4-2-3-9(10)15-11-8-5-6-17-12(8)14-7-13-11/h5-7,9-10H,2-4H2,1H3,(H,13,14,15). The second-order valence-electron chi connectivity index (χ2n) is 4.32. The summed E-state index contributed by atoms with van der Waals surface area (Å²) >= 11 is 3.63. The molecule has 1 aliphatic carbocycles. The predicted octanol–water partition coefficient (Wildman–Crippen LogP) is 3.39. The zero-order valence-electron chi connectivity index (χ0n) is 9.72. The summed E-state index contributed by atoms with van der Waals surface area (Å²) in [5.41, 5.74) is 0. The molecule has 2 aromatic rings. The van der Waals surface area contributed by atoms with Gasteiger partial charge in [0.1, 0.15) is 17.0 Å². The number of nitrogens with one attached hydrogen (secondary N) is 1. The fraction of sp³-hybridized carbons (Fsp3) is 0.500. The number of hydrogen-bond acceptors (Lipinski definition) is 5. The number of hydrogen-bond donors (Lipinski definition) is 1. The molecule has 1 saturated carbocycles. The van der Waals surface area contributed by atoms with Gasteiger partial charge in [0.15, 0.2) is 0 Å². The molecule has 2 atom stereocenters. The fourth-order valence-electron chi connectivity index (χ4n) is 2.45. The molecule has 0 aliphatic heterocycles. The molecule has 5 heteroatoms. The molecule has 0 amide bonds. The van der Waals surface area contributed by atoms with E-state index in [0.29, 0.717) is 6.04 Å². The molecule has 3 nitrogen and oxygen atoms in total. The van der Waals surface area contributed by atoms with E-state index in [1.807, 2.05) is 11.8 Å². The average Bonchev–Trinajstić information content (AvgIpc) is 2.97. The number of aromatic nitrogens is 2. The Morgan fingerprint density at radius 1 is 1.41 bits per heavy atom.